The van der Waals surface area contributed by atoms with E-state index in [0.29, 0.717) is 11.4 Å². The zero-order valence-corrected chi connectivity index (χ0v) is 18.3. The first kappa shape index (κ1) is 23.1. The third kappa shape index (κ3) is 4.66. The smallest absolute Gasteiger partial charge is 0.343 e. The molecule has 1 aromatic carbocycles. The number of esters is 1. The summed E-state index contributed by atoms with van der Waals surface area (Å²) in [6.45, 7) is 0.219. The molecule has 1 amide bonds. The zero-order valence-electron chi connectivity index (χ0n) is 18.3. The van der Waals surface area contributed by atoms with Crippen LogP contribution in [-0.4, -0.2) is 46.5 Å². The average molecular weight is 469 g/mol. The molecule has 0 unspecified atom stereocenters. The molecule has 0 saturated carbocycles. The van der Waals surface area contributed by atoms with Crippen molar-refractivity contribution in [2.24, 2.45) is 0 Å². The van der Waals surface area contributed by atoms with Crippen molar-refractivity contribution >= 4 is 11.9 Å². The van der Waals surface area contributed by atoms with Crippen LogP contribution in [0.5, 0.6) is 5.75 Å². The van der Waals surface area contributed by atoms with E-state index in [1.54, 1.807) is 24.4 Å². The number of carbonyl (C=O) groups excluding carboxylic acids is 2. The molecule has 8 nitrogen and oxygen atoms in total. The quantitative estimate of drug-likeness (QED) is 0.534. The number of halogens is 2. The molecule has 1 aliphatic heterocycles. The van der Waals surface area contributed by atoms with Crippen molar-refractivity contribution in [3.8, 4) is 5.75 Å². The molecular weight excluding hydrogens is 448 g/mol. The largest absolute Gasteiger partial charge is 0.486 e. The Bertz CT molecular complexity index is 1290. The van der Waals surface area contributed by atoms with Gasteiger partial charge >= 0.3 is 5.97 Å². The Hall–Kier alpha value is -4.08. The van der Waals surface area contributed by atoms with E-state index in [0.717, 1.165) is 18.2 Å². The molecule has 1 aliphatic rings. The lowest BCUT2D eigenvalue weighted by atomic mass is 10.1. The van der Waals surface area contributed by atoms with Crippen molar-refractivity contribution in [2.45, 2.75) is 19.6 Å². The van der Waals surface area contributed by atoms with Gasteiger partial charge in [-0.25, -0.2) is 13.6 Å². The van der Waals surface area contributed by atoms with E-state index in [1.807, 2.05) is 0 Å². The number of benzene rings is 1. The van der Waals surface area contributed by atoms with Gasteiger partial charge in [0.25, 0.3) is 11.5 Å². The van der Waals surface area contributed by atoms with E-state index in [1.165, 1.54) is 22.6 Å². The first-order valence-electron chi connectivity index (χ1n) is 10.5. The standard InChI is InChI=1S/C24H21F2N3O5/c1-33-24(32)22-19-7-9-28(23(31)17-12-15(25)5-6-18(17)26)10-11-29(19)21(30)13-20(22)34-14-16-4-2-3-8-27-16/h2-6,8,12-13H,7,9-11,14H2,1H3. The van der Waals surface area contributed by atoms with Crippen LogP contribution in [0.1, 0.15) is 32.1 Å². The van der Waals surface area contributed by atoms with E-state index in [2.05, 4.69) is 4.98 Å². The van der Waals surface area contributed by atoms with Crippen LogP contribution in [0.25, 0.3) is 0 Å². The maximum Gasteiger partial charge on any atom is 0.343 e. The van der Waals surface area contributed by atoms with Crippen LogP contribution in [0.2, 0.25) is 0 Å². The van der Waals surface area contributed by atoms with Gasteiger partial charge in [0.15, 0.2) is 0 Å². The fourth-order valence-corrected chi connectivity index (χ4v) is 3.86. The third-order valence-corrected chi connectivity index (χ3v) is 5.53. The highest BCUT2D eigenvalue weighted by atomic mass is 19.1. The van der Waals surface area contributed by atoms with Crippen LogP contribution in [-0.2, 0) is 24.3 Å². The molecule has 0 saturated heterocycles. The van der Waals surface area contributed by atoms with E-state index >= 15 is 0 Å². The van der Waals surface area contributed by atoms with Gasteiger partial charge in [-0.15, -0.1) is 0 Å². The number of hydrogen-bond acceptors (Lipinski definition) is 6. The lowest BCUT2D eigenvalue weighted by molar-refractivity contribution is 0.0592. The Balaban J connectivity index is 1.65. The summed E-state index contributed by atoms with van der Waals surface area (Å²) in [5, 5.41) is 0. The van der Waals surface area contributed by atoms with Crippen molar-refractivity contribution in [2.75, 3.05) is 20.2 Å². The second kappa shape index (κ2) is 9.82. The summed E-state index contributed by atoms with van der Waals surface area (Å²) in [6.07, 6.45) is 1.70. The summed E-state index contributed by atoms with van der Waals surface area (Å²) in [6, 6.07) is 9.13. The molecule has 2 aromatic heterocycles. The summed E-state index contributed by atoms with van der Waals surface area (Å²) in [5.74, 6) is -2.93. The van der Waals surface area contributed by atoms with Gasteiger partial charge in [0.1, 0.15) is 29.6 Å². The SMILES string of the molecule is COC(=O)c1c(OCc2ccccn2)cc(=O)n2c1CCN(C(=O)c1cc(F)ccc1F)CC2. The zero-order chi connectivity index (χ0) is 24.2. The number of fused-ring (bicyclic) bond motifs is 1. The number of rotatable bonds is 5. The minimum Gasteiger partial charge on any atom is -0.486 e. The van der Waals surface area contributed by atoms with Crippen LogP contribution < -0.4 is 10.3 Å². The molecule has 34 heavy (non-hydrogen) atoms. The van der Waals surface area contributed by atoms with Crippen LogP contribution in [0.3, 0.4) is 0 Å². The highest BCUT2D eigenvalue weighted by Crippen LogP contribution is 2.25. The van der Waals surface area contributed by atoms with E-state index in [9.17, 15) is 23.2 Å². The van der Waals surface area contributed by atoms with Crippen molar-refractivity contribution < 1.29 is 27.8 Å². The second-order valence-corrected chi connectivity index (χ2v) is 7.59. The van der Waals surface area contributed by atoms with Gasteiger partial charge in [-0.1, -0.05) is 6.07 Å². The molecule has 0 spiro atoms. The minimum atomic E-state index is -0.842. The first-order valence-corrected chi connectivity index (χ1v) is 10.5. The maximum atomic E-state index is 14.1. The third-order valence-electron chi connectivity index (χ3n) is 5.53. The Morgan fingerprint density at radius 2 is 1.91 bits per heavy atom. The monoisotopic (exact) mass is 469 g/mol. The van der Waals surface area contributed by atoms with Gasteiger partial charge in [-0.2, -0.15) is 0 Å². The normalized spacial score (nSPS) is 13.1. The van der Waals surface area contributed by atoms with E-state index < -0.39 is 34.6 Å². The highest BCUT2D eigenvalue weighted by Gasteiger charge is 2.28. The Morgan fingerprint density at radius 3 is 2.65 bits per heavy atom. The second-order valence-electron chi connectivity index (χ2n) is 7.59. The molecule has 4 rings (SSSR count). The van der Waals surface area contributed by atoms with Crippen molar-refractivity contribution in [3.63, 3.8) is 0 Å². The van der Waals surface area contributed by atoms with Gasteiger partial charge in [0.05, 0.1) is 18.4 Å². The predicted molar refractivity (Wildman–Crippen MR) is 117 cm³/mol. The van der Waals surface area contributed by atoms with E-state index in [-0.39, 0.29) is 44.0 Å². The highest BCUT2D eigenvalue weighted by molar-refractivity contribution is 5.95. The molecule has 176 valence electrons. The van der Waals surface area contributed by atoms with Crippen molar-refractivity contribution in [1.82, 2.24) is 14.5 Å². The summed E-state index contributed by atoms with van der Waals surface area (Å²) >= 11 is 0. The number of pyridine rings is 2. The summed E-state index contributed by atoms with van der Waals surface area (Å²) in [7, 11) is 1.21. The van der Waals surface area contributed by atoms with Crippen molar-refractivity contribution in [1.29, 1.82) is 0 Å². The molecule has 10 heteroatoms. The summed E-state index contributed by atoms with van der Waals surface area (Å²) in [4.78, 5) is 43.9. The van der Waals surface area contributed by atoms with Crippen molar-refractivity contribution in [3.05, 3.63) is 93.2 Å². The molecule has 3 heterocycles. The van der Waals surface area contributed by atoms with Gasteiger partial charge in [-0.3, -0.25) is 14.6 Å². The number of nitrogens with zero attached hydrogens (tertiary/aromatic N) is 3. The molecule has 0 N–H and O–H groups in total. The molecule has 3 aromatic rings. The van der Waals surface area contributed by atoms with Gasteiger partial charge in [-0.05, 0) is 30.3 Å². The molecular formula is C24H21F2N3O5. The number of ether oxygens (including phenoxy) is 2. The lowest BCUT2D eigenvalue weighted by Gasteiger charge is -2.20. The molecule has 0 aliphatic carbocycles. The Labute approximate surface area is 193 Å². The van der Waals surface area contributed by atoms with E-state index in [4.69, 9.17) is 9.47 Å². The fourth-order valence-electron chi connectivity index (χ4n) is 3.86. The van der Waals surface area contributed by atoms with Gasteiger partial charge in [0, 0.05) is 44.0 Å². The molecule has 0 atom stereocenters. The summed E-state index contributed by atoms with van der Waals surface area (Å²) in [5.41, 5.74) is 0.188. The summed E-state index contributed by atoms with van der Waals surface area (Å²) < 4.78 is 39.8. The fraction of sp³-hybridized carbons (Fsp3) is 0.250. The maximum absolute atomic E-state index is 14.1. The van der Waals surface area contributed by atoms with Crippen LogP contribution >= 0.6 is 0 Å². The minimum absolute atomic E-state index is 0.0250. The van der Waals surface area contributed by atoms with Crippen LogP contribution in [0, 0.1) is 11.6 Å². The predicted octanol–water partition coefficient (Wildman–Crippen LogP) is 2.59. The average Bonchev–Trinajstić information content (AvgIpc) is 3.07. The topological polar surface area (TPSA) is 90.7 Å². The number of carbonyl (C=O) groups is 2. The number of methoxy groups -OCH3 is 1. The number of aromatic nitrogens is 2. The van der Waals surface area contributed by atoms with Crippen LogP contribution in [0.15, 0.2) is 53.5 Å². The molecule has 0 fully saturated rings. The molecule has 0 bridgehead atoms. The number of amides is 1. The lowest BCUT2D eigenvalue weighted by Crippen LogP contribution is -2.34. The van der Waals surface area contributed by atoms with Crippen LogP contribution in [0.4, 0.5) is 8.78 Å². The van der Waals surface area contributed by atoms with Gasteiger partial charge in [0.2, 0.25) is 0 Å². The Morgan fingerprint density at radius 1 is 1.09 bits per heavy atom. The Kier molecular flexibility index (Phi) is 6.67. The number of hydrogen-bond donors (Lipinski definition) is 0. The first-order chi connectivity index (χ1) is 16.4. The molecule has 0 radical (unpaired) electrons. The van der Waals surface area contributed by atoms with Gasteiger partial charge < -0.3 is 18.9 Å².